The minimum atomic E-state index is -0.839. The summed E-state index contributed by atoms with van der Waals surface area (Å²) in [5.41, 5.74) is 2.72. The molecule has 1 heterocycles. The number of hydrogen-bond acceptors (Lipinski definition) is 6. The summed E-state index contributed by atoms with van der Waals surface area (Å²) in [6.45, 7) is 0.357. The monoisotopic (exact) mass is 538 g/mol. The first kappa shape index (κ1) is 26.6. The highest BCUT2D eigenvalue weighted by Gasteiger charge is 2.12. The molecule has 1 aromatic heterocycles. The van der Waals surface area contributed by atoms with Crippen molar-refractivity contribution in [2.45, 2.75) is 19.4 Å². The Bertz CT molecular complexity index is 1640. The van der Waals surface area contributed by atoms with E-state index in [0.717, 1.165) is 27.6 Å². The van der Waals surface area contributed by atoms with E-state index in [2.05, 4.69) is 4.98 Å². The van der Waals surface area contributed by atoms with E-state index in [0.29, 0.717) is 41.7 Å². The Balaban J connectivity index is 1.44. The number of carboxylic acid groups (broad SMARTS) is 1. The Labute approximate surface area is 230 Å². The van der Waals surface area contributed by atoms with Crippen molar-refractivity contribution in [2.75, 3.05) is 13.7 Å². The number of rotatable bonds is 11. The number of aromatic nitrogens is 2. The Morgan fingerprint density at radius 1 is 0.825 bits per heavy atom. The summed E-state index contributed by atoms with van der Waals surface area (Å²) in [5, 5.41) is 10.7. The third-order valence-corrected chi connectivity index (χ3v) is 6.30. The lowest BCUT2D eigenvalue weighted by atomic mass is 10.1. The van der Waals surface area contributed by atoms with Crippen LogP contribution in [0.2, 0.25) is 0 Å². The fourth-order valence-electron chi connectivity index (χ4n) is 4.17. The molecule has 0 aliphatic rings. The van der Waals surface area contributed by atoms with Gasteiger partial charge in [-0.2, -0.15) is 4.98 Å². The molecule has 1 N–H and O–H groups in total. The van der Waals surface area contributed by atoms with E-state index >= 15 is 0 Å². The van der Waals surface area contributed by atoms with Crippen molar-refractivity contribution in [3.05, 3.63) is 102 Å². The summed E-state index contributed by atoms with van der Waals surface area (Å²) in [7, 11) is 1.61. The number of aliphatic carboxylic acids is 1. The number of hydrogen-bond donors (Lipinski definition) is 1. The zero-order chi connectivity index (χ0) is 27.9. The van der Waals surface area contributed by atoms with Crippen molar-refractivity contribution >= 4 is 16.7 Å². The fraction of sp³-hybridized carbons (Fsp3) is 0.156. The van der Waals surface area contributed by atoms with Gasteiger partial charge in [-0.1, -0.05) is 36.4 Å². The number of fused-ring (bicyclic) bond motifs is 1. The number of carboxylic acids is 1. The van der Waals surface area contributed by atoms with Crippen LogP contribution in [-0.2, 0) is 11.4 Å². The number of nitrogens with zero attached hydrogens (tertiary/aromatic N) is 2. The summed E-state index contributed by atoms with van der Waals surface area (Å²) >= 11 is 0. The lowest BCUT2D eigenvalue weighted by Gasteiger charge is -2.12. The van der Waals surface area contributed by atoms with Crippen LogP contribution in [0.1, 0.15) is 18.4 Å². The molecule has 202 valence electrons. The molecule has 0 aliphatic heterocycles. The van der Waals surface area contributed by atoms with E-state index in [1.165, 1.54) is 6.07 Å². The highest BCUT2D eigenvalue weighted by molar-refractivity contribution is 5.87. The zero-order valence-corrected chi connectivity index (χ0v) is 21.8. The van der Waals surface area contributed by atoms with E-state index in [4.69, 9.17) is 24.3 Å². The summed E-state index contributed by atoms with van der Waals surface area (Å²) < 4.78 is 31.1. The van der Waals surface area contributed by atoms with Crippen LogP contribution in [0.25, 0.3) is 33.4 Å². The molecule has 0 radical (unpaired) electrons. The van der Waals surface area contributed by atoms with Crippen molar-refractivity contribution in [3.63, 3.8) is 0 Å². The standard InChI is InChI=1S/C32H27FN2O5/c1-38-26-13-10-21(11-14-26)29-19-30(40-20-25-5-2-3-6-28(25)33)35-32(34-29)24-9-8-23-18-27(15-12-22(23)17-24)39-16-4-7-31(36)37/h2-3,5-6,8-15,17-19H,4,7,16,20H2,1H3,(H,36,37). The molecule has 7 nitrogen and oxygen atoms in total. The number of methoxy groups -OCH3 is 1. The predicted octanol–water partition coefficient (Wildman–Crippen LogP) is 6.93. The van der Waals surface area contributed by atoms with Crippen molar-refractivity contribution in [2.24, 2.45) is 0 Å². The molecular formula is C32H27FN2O5. The smallest absolute Gasteiger partial charge is 0.303 e. The highest BCUT2D eigenvalue weighted by atomic mass is 19.1. The van der Waals surface area contributed by atoms with Crippen molar-refractivity contribution < 1.29 is 28.5 Å². The maximum absolute atomic E-state index is 14.2. The summed E-state index contributed by atoms with van der Waals surface area (Å²) in [4.78, 5) is 20.2. The van der Waals surface area contributed by atoms with Gasteiger partial charge in [0.1, 0.15) is 23.9 Å². The molecule has 4 aromatic carbocycles. The molecule has 8 heteroatoms. The van der Waals surface area contributed by atoms with Gasteiger partial charge in [-0.25, -0.2) is 9.37 Å². The van der Waals surface area contributed by atoms with Crippen molar-refractivity contribution in [1.82, 2.24) is 9.97 Å². The Morgan fingerprint density at radius 2 is 1.55 bits per heavy atom. The van der Waals surface area contributed by atoms with Gasteiger partial charge in [-0.05, 0) is 65.7 Å². The van der Waals surface area contributed by atoms with Crippen molar-refractivity contribution in [3.8, 4) is 40.0 Å². The van der Waals surface area contributed by atoms with Crippen LogP contribution >= 0.6 is 0 Å². The van der Waals surface area contributed by atoms with Gasteiger partial charge in [-0.3, -0.25) is 4.79 Å². The van der Waals surface area contributed by atoms with Gasteiger partial charge in [0.05, 0.1) is 19.4 Å². The van der Waals surface area contributed by atoms with E-state index < -0.39 is 5.97 Å². The van der Waals surface area contributed by atoms with Gasteiger partial charge in [0.15, 0.2) is 5.82 Å². The first-order valence-corrected chi connectivity index (χ1v) is 12.8. The zero-order valence-electron chi connectivity index (χ0n) is 21.8. The molecule has 0 amide bonds. The number of ether oxygens (including phenoxy) is 3. The quantitative estimate of drug-likeness (QED) is 0.182. The molecule has 0 fully saturated rings. The minimum Gasteiger partial charge on any atom is -0.497 e. The van der Waals surface area contributed by atoms with Crippen LogP contribution in [0.5, 0.6) is 17.4 Å². The molecule has 0 saturated carbocycles. The maximum Gasteiger partial charge on any atom is 0.303 e. The average Bonchev–Trinajstić information content (AvgIpc) is 2.98. The second-order valence-electron chi connectivity index (χ2n) is 9.09. The molecule has 5 aromatic rings. The van der Waals surface area contributed by atoms with Gasteiger partial charge in [0.2, 0.25) is 5.88 Å². The second-order valence-corrected chi connectivity index (χ2v) is 9.09. The van der Waals surface area contributed by atoms with Crippen LogP contribution < -0.4 is 14.2 Å². The van der Waals surface area contributed by atoms with Gasteiger partial charge >= 0.3 is 5.97 Å². The molecule has 0 bridgehead atoms. The lowest BCUT2D eigenvalue weighted by Crippen LogP contribution is -2.02. The van der Waals surface area contributed by atoms with Crippen LogP contribution in [0, 0.1) is 5.82 Å². The third kappa shape index (κ3) is 6.53. The Kier molecular flexibility index (Phi) is 8.15. The predicted molar refractivity (Wildman–Crippen MR) is 150 cm³/mol. The minimum absolute atomic E-state index is 0.0259. The second kappa shape index (κ2) is 12.3. The highest BCUT2D eigenvalue weighted by Crippen LogP contribution is 2.30. The first-order valence-electron chi connectivity index (χ1n) is 12.8. The van der Waals surface area contributed by atoms with E-state index in [1.54, 1.807) is 31.4 Å². The Hall–Kier alpha value is -4.98. The van der Waals surface area contributed by atoms with Gasteiger partial charge in [-0.15, -0.1) is 0 Å². The molecule has 0 aliphatic carbocycles. The van der Waals surface area contributed by atoms with Gasteiger partial charge in [0, 0.05) is 29.2 Å². The van der Waals surface area contributed by atoms with Crippen molar-refractivity contribution in [1.29, 1.82) is 0 Å². The number of carbonyl (C=O) groups is 1. The number of halogens is 1. The molecule has 0 spiro atoms. The van der Waals surface area contributed by atoms with Crippen LogP contribution in [-0.4, -0.2) is 34.8 Å². The summed E-state index contributed by atoms with van der Waals surface area (Å²) in [6, 6.07) is 27.3. The largest absolute Gasteiger partial charge is 0.497 e. The van der Waals surface area contributed by atoms with E-state index in [1.807, 2.05) is 60.7 Å². The van der Waals surface area contributed by atoms with Gasteiger partial charge < -0.3 is 19.3 Å². The SMILES string of the molecule is COc1ccc(-c2cc(OCc3ccccc3F)nc(-c3ccc4cc(OCCCC(=O)O)ccc4c3)n2)cc1. The lowest BCUT2D eigenvalue weighted by molar-refractivity contribution is -0.137. The van der Waals surface area contributed by atoms with Crippen LogP contribution in [0.3, 0.4) is 0 Å². The Morgan fingerprint density at radius 3 is 2.33 bits per heavy atom. The molecule has 5 rings (SSSR count). The normalized spacial score (nSPS) is 10.8. The molecule has 0 saturated heterocycles. The van der Waals surface area contributed by atoms with Crippen LogP contribution in [0.15, 0.2) is 91.0 Å². The fourth-order valence-corrected chi connectivity index (χ4v) is 4.17. The maximum atomic E-state index is 14.2. The molecular weight excluding hydrogens is 511 g/mol. The first-order chi connectivity index (χ1) is 19.5. The molecule has 40 heavy (non-hydrogen) atoms. The topological polar surface area (TPSA) is 90.8 Å². The number of benzene rings is 4. The molecule has 0 unspecified atom stereocenters. The van der Waals surface area contributed by atoms with Crippen LogP contribution in [0.4, 0.5) is 4.39 Å². The van der Waals surface area contributed by atoms with Gasteiger partial charge in [0.25, 0.3) is 0 Å². The molecule has 0 atom stereocenters. The third-order valence-electron chi connectivity index (χ3n) is 6.30. The average molecular weight is 539 g/mol. The summed E-state index contributed by atoms with van der Waals surface area (Å²) in [6.07, 6.45) is 0.508. The summed E-state index contributed by atoms with van der Waals surface area (Å²) in [5.74, 6) is 1.01. The van der Waals surface area contributed by atoms with E-state index in [-0.39, 0.29) is 18.8 Å². The van der Waals surface area contributed by atoms with E-state index in [9.17, 15) is 9.18 Å².